The number of rotatable bonds is 20. The number of unbranched alkanes of at least 4 members (excludes halogenated alkanes) is 8. The molecule has 4 nitrogen and oxygen atoms in total. The van der Waals surface area contributed by atoms with Crippen molar-refractivity contribution in [2.24, 2.45) is 0 Å². The molecule has 0 atom stereocenters. The third-order valence-electron chi connectivity index (χ3n) is 7.14. The standard InChI is InChI=1S/C28H56O4Si4/c1-9-17-21-25-33(13-5)29-34(14-6,26-22-18-10-2)31-36(16-8,28-24-20-12-4)32-35(15-7,30-33)27-23-19-11-3/h13-16H,5-12,17-28H2,1-4H3. The predicted molar refractivity (Wildman–Crippen MR) is 165 cm³/mol. The second-order valence-corrected chi connectivity index (χ2v) is 23.7. The Morgan fingerprint density at radius 1 is 0.389 bits per heavy atom. The zero-order valence-electron chi connectivity index (χ0n) is 24.1. The van der Waals surface area contributed by atoms with Crippen LogP contribution >= 0.6 is 0 Å². The molecule has 0 saturated carbocycles. The lowest BCUT2D eigenvalue weighted by Gasteiger charge is -2.51. The van der Waals surface area contributed by atoms with Crippen LogP contribution in [-0.4, -0.2) is 34.2 Å². The van der Waals surface area contributed by atoms with E-state index in [4.69, 9.17) is 16.5 Å². The van der Waals surface area contributed by atoms with Crippen molar-refractivity contribution in [3.05, 3.63) is 49.1 Å². The van der Waals surface area contributed by atoms with E-state index in [-0.39, 0.29) is 0 Å². The fourth-order valence-electron chi connectivity index (χ4n) is 4.89. The fraction of sp³-hybridized carbons (Fsp3) is 0.714. The highest BCUT2D eigenvalue weighted by molar-refractivity contribution is 6.99. The fourth-order valence-corrected chi connectivity index (χ4v) is 26.1. The van der Waals surface area contributed by atoms with Crippen molar-refractivity contribution in [1.29, 1.82) is 0 Å². The van der Waals surface area contributed by atoms with Gasteiger partial charge in [-0.05, 0) is 24.2 Å². The summed E-state index contributed by atoms with van der Waals surface area (Å²) < 4.78 is 29.1. The van der Waals surface area contributed by atoms with Crippen molar-refractivity contribution in [2.75, 3.05) is 0 Å². The maximum Gasteiger partial charge on any atom is 0.347 e. The van der Waals surface area contributed by atoms with Gasteiger partial charge in [-0.2, -0.15) is 0 Å². The molecule has 0 spiro atoms. The molecule has 1 fully saturated rings. The van der Waals surface area contributed by atoms with Gasteiger partial charge in [0.25, 0.3) is 0 Å². The molecule has 0 aliphatic carbocycles. The van der Waals surface area contributed by atoms with E-state index in [1.807, 2.05) is 22.8 Å². The first-order valence-electron chi connectivity index (χ1n) is 14.7. The van der Waals surface area contributed by atoms with Crippen LogP contribution in [0.2, 0.25) is 24.2 Å². The second kappa shape index (κ2) is 17.3. The minimum absolute atomic E-state index is 0.877. The van der Waals surface area contributed by atoms with Gasteiger partial charge in [-0.1, -0.05) is 128 Å². The molecule has 0 bridgehead atoms. The summed E-state index contributed by atoms with van der Waals surface area (Å²) in [5.41, 5.74) is 8.02. The topological polar surface area (TPSA) is 36.9 Å². The van der Waals surface area contributed by atoms with Crippen LogP contribution in [0.25, 0.3) is 0 Å². The van der Waals surface area contributed by atoms with Gasteiger partial charge in [0, 0.05) is 0 Å². The van der Waals surface area contributed by atoms with E-state index in [9.17, 15) is 0 Å². The molecular formula is C28H56O4Si4. The SMILES string of the molecule is C=C[Si]1(CCCCC)O[Si](C=C)(CCCCC)O[Si](C=C)(CCCCC)O[Si](C=C)(CCCCC)O1. The summed E-state index contributed by atoms with van der Waals surface area (Å²) in [7, 11) is -11.4. The van der Waals surface area contributed by atoms with Gasteiger partial charge in [0.2, 0.25) is 0 Å². The molecule has 0 unspecified atom stereocenters. The highest BCUT2D eigenvalue weighted by Gasteiger charge is 2.59. The van der Waals surface area contributed by atoms with Gasteiger partial charge in [-0.15, -0.1) is 26.3 Å². The summed E-state index contributed by atoms with van der Waals surface area (Å²) >= 11 is 0. The highest BCUT2D eigenvalue weighted by Crippen LogP contribution is 2.41. The summed E-state index contributed by atoms with van der Waals surface area (Å²) in [6.45, 7) is 26.1. The molecule has 1 aliphatic heterocycles. The third-order valence-corrected chi connectivity index (χ3v) is 24.9. The Hall–Kier alpha value is -0.332. The van der Waals surface area contributed by atoms with Crippen LogP contribution in [0.5, 0.6) is 0 Å². The third kappa shape index (κ3) is 10.1. The summed E-state index contributed by atoms with van der Waals surface area (Å²) in [6.07, 6.45) is 13.4. The first kappa shape index (κ1) is 33.7. The van der Waals surface area contributed by atoms with Gasteiger partial charge in [0.1, 0.15) is 0 Å². The van der Waals surface area contributed by atoms with Crippen LogP contribution in [0.15, 0.2) is 49.1 Å². The average Bonchev–Trinajstić information content (AvgIpc) is 2.88. The van der Waals surface area contributed by atoms with Gasteiger partial charge in [-0.3, -0.25) is 0 Å². The molecule has 0 amide bonds. The smallest absolute Gasteiger partial charge is 0.347 e. The Morgan fingerprint density at radius 2 is 0.583 bits per heavy atom. The van der Waals surface area contributed by atoms with Crippen LogP contribution in [0, 0.1) is 0 Å². The number of hydrogen-bond acceptors (Lipinski definition) is 4. The van der Waals surface area contributed by atoms with Gasteiger partial charge in [0.05, 0.1) is 0 Å². The molecule has 8 heteroatoms. The first-order chi connectivity index (χ1) is 17.3. The molecule has 208 valence electrons. The van der Waals surface area contributed by atoms with E-state index < -0.39 is 34.2 Å². The van der Waals surface area contributed by atoms with E-state index in [0.29, 0.717) is 0 Å². The van der Waals surface area contributed by atoms with E-state index in [2.05, 4.69) is 54.0 Å². The van der Waals surface area contributed by atoms with Crippen molar-refractivity contribution >= 4 is 34.2 Å². The van der Waals surface area contributed by atoms with E-state index in [0.717, 1.165) is 101 Å². The predicted octanol–water partition coefficient (Wildman–Crippen LogP) is 9.50. The second-order valence-electron chi connectivity index (χ2n) is 10.3. The van der Waals surface area contributed by atoms with Crippen LogP contribution in [-0.2, 0) is 16.5 Å². The lowest BCUT2D eigenvalue weighted by Crippen LogP contribution is -2.68. The van der Waals surface area contributed by atoms with Gasteiger partial charge in [0.15, 0.2) is 0 Å². The Kier molecular flexibility index (Phi) is 16.2. The Morgan fingerprint density at radius 3 is 0.722 bits per heavy atom. The van der Waals surface area contributed by atoms with Crippen molar-refractivity contribution in [3.63, 3.8) is 0 Å². The maximum absolute atomic E-state index is 7.28. The van der Waals surface area contributed by atoms with Crippen LogP contribution < -0.4 is 0 Å². The molecule has 0 N–H and O–H groups in total. The molecule has 1 saturated heterocycles. The van der Waals surface area contributed by atoms with Crippen LogP contribution in [0.1, 0.15) is 105 Å². The quantitative estimate of drug-likeness (QED) is 0.108. The number of hydrogen-bond donors (Lipinski definition) is 0. The summed E-state index contributed by atoms with van der Waals surface area (Å²) in [4.78, 5) is 0. The van der Waals surface area contributed by atoms with E-state index >= 15 is 0 Å². The molecule has 0 aromatic heterocycles. The molecule has 0 radical (unpaired) electrons. The summed E-state index contributed by atoms with van der Waals surface area (Å²) in [5, 5.41) is 0. The maximum atomic E-state index is 7.28. The molecule has 0 aromatic carbocycles. The summed E-state index contributed by atoms with van der Waals surface area (Å²) in [6, 6.07) is 3.51. The largest absolute Gasteiger partial charge is 0.409 e. The van der Waals surface area contributed by atoms with Crippen molar-refractivity contribution < 1.29 is 16.5 Å². The van der Waals surface area contributed by atoms with Gasteiger partial charge in [-0.25, -0.2) is 0 Å². The zero-order chi connectivity index (χ0) is 27.0. The highest BCUT2D eigenvalue weighted by atomic mass is 28.5. The molecular weight excluding hydrogens is 513 g/mol. The Bertz CT molecular complexity index is 550. The van der Waals surface area contributed by atoms with E-state index in [1.54, 1.807) is 0 Å². The van der Waals surface area contributed by atoms with Crippen molar-refractivity contribution in [1.82, 2.24) is 0 Å². The Labute approximate surface area is 228 Å². The van der Waals surface area contributed by atoms with Crippen molar-refractivity contribution in [3.8, 4) is 0 Å². The molecule has 36 heavy (non-hydrogen) atoms. The normalized spacial score (nSPS) is 30.8. The molecule has 1 heterocycles. The molecule has 0 aromatic rings. The van der Waals surface area contributed by atoms with Crippen LogP contribution in [0.4, 0.5) is 0 Å². The molecule has 1 aliphatic rings. The summed E-state index contributed by atoms with van der Waals surface area (Å²) in [5.74, 6) is 0. The minimum atomic E-state index is -2.84. The van der Waals surface area contributed by atoms with Crippen molar-refractivity contribution in [2.45, 2.75) is 129 Å². The average molecular weight is 569 g/mol. The van der Waals surface area contributed by atoms with Gasteiger partial charge >= 0.3 is 34.2 Å². The molecule has 1 rings (SSSR count). The monoisotopic (exact) mass is 568 g/mol. The first-order valence-corrected chi connectivity index (χ1v) is 23.1. The van der Waals surface area contributed by atoms with Crippen LogP contribution in [0.3, 0.4) is 0 Å². The zero-order valence-corrected chi connectivity index (χ0v) is 28.1. The Balaban J connectivity index is 3.63. The van der Waals surface area contributed by atoms with Gasteiger partial charge < -0.3 is 16.5 Å². The minimum Gasteiger partial charge on any atom is -0.409 e. The lowest BCUT2D eigenvalue weighted by molar-refractivity contribution is 0.232. The van der Waals surface area contributed by atoms with E-state index in [1.165, 1.54) is 0 Å². The lowest BCUT2D eigenvalue weighted by atomic mass is 10.3.